The number of ether oxygens (including phenoxy) is 2. The van der Waals surface area contributed by atoms with Crippen molar-refractivity contribution in [3.05, 3.63) is 65.7 Å². The number of aromatic nitrogens is 2. The number of anilines is 1. The highest BCUT2D eigenvalue weighted by Crippen LogP contribution is 2.35. The third-order valence-corrected chi connectivity index (χ3v) is 4.10. The van der Waals surface area contributed by atoms with E-state index in [1.165, 1.54) is 6.92 Å². The topological polar surface area (TPSA) is 79.4 Å². The summed E-state index contributed by atoms with van der Waals surface area (Å²) in [6.45, 7) is 4.31. The smallest absolute Gasteiger partial charge is 0.302 e. The lowest BCUT2D eigenvalue weighted by Crippen LogP contribution is -2.10. The molecule has 0 unspecified atom stereocenters. The van der Waals surface area contributed by atoms with Crippen molar-refractivity contribution in [3.63, 3.8) is 0 Å². The molecule has 0 aliphatic rings. The van der Waals surface area contributed by atoms with Crippen LogP contribution in [0.3, 0.4) is 0 Å². The predicted octanol–water partition coefficient (Wildman–Crippen LogP) is 3.43. The molecule has 0 saturated heterocycles. The molecule has 0 fully saturated rings. The lowest BCUT2D eigenvalue weighted by atomic mass is 10.1. The number of nitrogens with zero attached hydrogens (tertiary/aromatic N) is 2. The Hall–Kier alpha value is -3.28. The SMILES string of the molecule is CC(=O)OCCOc1nn(Cc2ccccc2)c(N)c1-c1ccc(C)cc1. The summed E-state index contributed by atoms with van der Waals surface area (Å²) < 4.78 is 12.4. The quantitative estimate of drug-likeness (QED) is 0.512. The number of esters is 1. The fourth-order valence-electron chi connectivity index (χ4n) is 2.75. The van der Waals surface area contributed by atoms with Gasteiger partial charge in [0.15, 0.2) is 0 Å². The maximum atomic E-state index is 10.9. The van der Waals surface area contributed by atoms with Gasteiger partial charge in [0.2, 0.25) is 5.88 Å². The summed E-state index contributed by atoms with van der Waals surface area (Å²) in [6.07, 6.45) is 0. The van der Waals surface area contributed by atoms with Crippen LogP contribution in [0, 0.1) is 6.92 Å². The van der Waals surface area contributed by atoms with Crippen LogP contribution in [0.5, 0.6) is 5.88 Å². The van der Waals surface area contributed by atoms with Crippen LogP contribution in [0.25, 0.3) is 11.1 Å². The van der Waals surface area contributed by atoms with E-state index >= 15 is 0 Å². The van der Waals surface area contributed by atoms with Crippen molar-refractivity contribution in [1.82, 2.24) is 9.78 Å². The van der Waals surface area contributed by atoms with Gasteiger partial charge in [-0.25, -0.2) is 4.68 Å². The molecule has 0 radical (unpaired) electrons. The van der Waals surface area contributed by atoms with Crippen LogP contribution in [0.1, 0.15) is 18.1 Å². The molecule has 3 rings (SSSR count). The highest BCUT2D eigenvalue weighted by Gasteiger charge is 2.19. The Morgan fingerprint density at radius 1 is 1.07 bits per heavy atom. The number of benzene rings is 2. The fraction of sp³-hybridized carbons (Fsp3) is 0.238. The lowest BCUT2D eigenvalue weighted by Gasteiger charge is -2.07. The fourth-order valence-corrected chi connectivity index (χ4v) is 2.75. The van der Waals surface area contributed by atoms with Gasteiger partial charge in [-0.15, -0.1) is 5.10 Å². The second-order valence-electron chi connectivity index (χ2n) is 6.26. The van der Waals surface area contributed by atoms with Gasteiger partial charge in [0, 0.05) is 6.92 Å². The predicted molar refractivity (Wildman–Crippen MR) is 104 cm³/mol. The van der Waals surface area contributed by atoms with Crippen LogP contribution in [-0.2, 0) is 16.1 Å². The van der Waals surface area contributed by atoms with Crippen LogP contribution in [0.4, 0.5) is 5.82 Å². The van der Waals surface area contributed by atoms with Gasteiger partial charge in [0.05, 0.1) is 12.1 Å². The molecule has 2 aromatic carbocycles. The van der Waals surface area contributed by atoms with Crippen molar-refractivity contribution in [2.45, 2.75) is 20.4 Å². The van der Waals surface area contributed by atoms with Crippen LogP contribution in [0.15, 0.2) is 54.6 Å². The highest BCUT2D eigenvalue weighted by atomic mass is 16.6. The largest absolute Gasteiger partial charge is 0.472 e. The van der Waals surface area contributed by atoms with Crippen molar-refractivity contribution in [1.29, 1.82) is 0 Å². The monoisotopic (exact) mass is 365 g/mol. The molecule has 6 heteroatoms. The molecule has 0 bridgehead atoms. The first-order chi connectivity index (χ1) is 13.0. The zero-order valence-corrected chi connectivity index (χ0v) is 15.5. The molecule has 1 heterocycles. The molecule has 140 valence electrons. The first-order valence-electron chi connectivity index (χ1n) is 8.78. The maximum absolute atomic E-state index is 10.9. The third kappa shape index (κ3) is 4.67. The van der Waals surface area contributed by atoms with E-state index in [4.69, 9.17) is 15.2 Å². The van der Waals surface area contributed by atoms with E-state index in [-0.39, 0.29) is 19.2 Å². The molecule has 0 saturated carbocycles. The van der Waals surface area contributed by atoms with E-state index in [9.17, 15) is 4.79 Å². The standard InChI is InChI=1S/C21H23N3O3/c1-15-8-10-18(11-9-15)19-20(22)24(14-17-6-4-3-5-7-17)23-21(19)27-13-12-26-16(2)25/h3-11H,12-14,22H2,1-2H3. The minimum atomic E-state index is -0.341. The number of carbonyl (C=O) groups is 1. The van der Waals surface area contributed by atoms with E-state index in [1.54, 1.807) is 4.68 Å². The molecule has 0 spiro atoms. The first kappa shape index (κ1) is 18.5. The van der Waals surface area contributed by atoms with Crippen LogP contribution >= 0.6 is 0 Å². The Kier molecular flexibility index (Phi) is 5.76. The van der Waals surface area contributed by atoms with Gasteiger partial charge in [-0.3, -0.25) is 4.79 Å². The molecule has 0 aliphatic carbocycles. The molecule has 2 N–H and O–H groups in total. The van der Waals surface area contributed by atoms with E-state index in [0.717, 1.165) is 22.3 Å². The van der Waals surface area contributed by atoms with Crippen LogP contribution in [-0.4, -0.2) is 29.0 Å². The van der Waals surface area contributed by atoms with Crippen LogP contribution < -0.4 is 10.5 Å². The average Bonchev–Trinajstić information content (AvgIpc) is 2.96. The number of nitrogens with two attached hydrogens (primary N) is 1. The van der Waals surface area contributed by atoms with Gasteiger partial charge in [-0.1, -0.05) is 60.2 Å². The molecule has 1 aromatic heterocycles. The molecule has 0 amide bonds. The lowest BCUT2D eigenvalue weighted by molar-refractivity contribution is -0.141. The van der Waals surface area contributed by atoms with E-state index in [0.29, 0.717) is 18.2 Å². The Morgan fingerprint density at radius 3 is 2.44 bits per heavy atom. The number of rotatable bonds is 7. The number of hydrogen-bond acceptors (Lipinski definition) is 5. The summed E-state index contributed by atoms with van der Waals surface area (Å²) in [5.41, 5.74) is 10.3. The van der Waals surface area contributed by atoms with Crippen molar-refractivity contribution < 1.29 is 14.3 Å². The van der Waals surface area contributed by atoms with Crippen molar-refractivity contribution >= 4 is 11.8 Å². The zero-order chi connectivity index (χ0) is 19.2. The minimum Gasteiger partial charge on any atom is -0.472 e. The number of carbonyl (C=O) groups excluding carboxylic acids is 1. The third-order valence-electron chi connectivity index (χ3n) is 4.10. The highest BCUT2D eigenvalue weighted by molar-refractivity contribution is 5.79. The maximum Gasteiger partial charge on any atom is 0.302 e. The second kappa shape index (κ2) is 8.40. The summed E-state index contributed by atoms with van der Waals surface area (Å²) in [7, 11) is 0. The summed E-state index contributed by atoms with van der Waals surface area (Å²) in [5, 5.41) is 4.55. The van der Waals surface area contributed by atoms with Crippen molar-refractivity contribution in [3.8, 4) is 17.0 Å². The zero-order valence-electron chi connectivity index (χ0n) is 15.5. The van der Waals surface area contributed by atoms with Crippen LogP contribution in [0.2, 0.25) is 0 Å². The Morgan fingerprint density at radius 2 is 1.78 bits per heavy atom. The molecular formula is C21H23N3O3. The average molecular weight is 365 g/mol. The number of nitrogen functional groups attached to an aromatic ring is 1. The van der Waals surface area contributed by atoms with Crippen molar-refractivity contribution in [2.24, 2.45) is 0 Å². The summed E-state index contributed by atoms with van der Waals surface area (Å²) >= 11 is 0. The van der Waals surface area contributed by atoms with E-state index in [2.05, 4.69) is 5.10 Å². The molecular weight excluding hydrogens is 342 g/mol. The molecule has 27 heavy (non-hydrogen) atoms. The van der Waals surface area contributed by atoms with Crippen molar-refractivity contribution in [2.75, 3.05) is 18.9 Å². The Labute approximate surface area is 158 Å². The summed E-state index contributed by atoms with van der Waals surface area (Å²) in [4.78, 5) is 10.9. The Balaban J connectivity index is 1.90. The number of aryl methyl sites for hydroxylation is 1. The normalized spacial score (nSPS) is 10.6. The number of hydrogen-bond donors (Lipinski definition) is 1. The summed E-state index contributed by atoms with van der Waals surface area (Å²) in [6, 6.07) is 18.0. The van der Waals surface area contributed by atoms with E-state index in [1.807, 2.05) is 61.5 Å². The van der Waals surface area contributed by atoms with Gasteiger partial charge >= 0.3 is 5.97 Å². The van der Waals surface area contributed by atoms with Gasteiger partial charge in [0.1, 0.15) is 19.0 Å². The van der Waals surface area contributed by atoms with E-state index < -0.39 is 0 Å². The van der Waals surface area contributed by atoms with Gasteiger partial charge < -0.3 is 15.2 Å². The molecule has 6 nitrogen and oxygen atoms in total. The molecule has 0 aliphatic heterocycles. The van der Waals surface area contributed by atoms with Gasteiger partial charge in [-0.2, -0.15) is 0 Å². The Bertz CT molecular complexity index is 902. The minimum absolute atomic E-state index is 0.161. The second-order valence-corrected chi connectivity index (χ2v) is 6.26. The summed E-state index contributed by atoms with van der Waals surface area (Å²) in [5.74, 6) is 0.621. The molecule has 3 aromatic rings. The van der Waals surface area contributed by atoms with Gasteiger partial charge in [-0.05, 0) is 18.1 Å². The van der Waals surface area contributed by atoms with Gasteiger partial charge in [0.25, 0.3) is 0 Å². The first-order valence-corrected chi connectivity index (χ1v) is 8.78. The molecule has 0 atom stereocenters.